The molecule has 4 heteroatoms. The van der Waals surface area contributed by atoms with Crippen molar-refractivity contribution in [1.82, 2.24) is 19.7 Å². The molecule has 4 nitrogen and oxygen atoms in total. The zero-order valence-corrected chi connectivity index (χ0v) is 11.5. The molecule has 0 fully saturated rings. The SMILES string of the molecule is Cc1nc2ccc(-n3cc(CC(C)C)cn3)cc2[nH]1. The average Bonchev–Trinajstić information content (AvgIpc) is 2.92. The summed E-state index contributed by atoms with van der Waals surface area (Å²) in [5.41, 5.74) is 4.38. The lowest BCUT2D eigenvalue weighted by Gasteiger charge is -2.01. The molecule has 0 unspecified atom stereocenters. The molecule has 0 saturated carbocycles. The standard InChI is InChI=1S/C15H18N4/c1-10(2)6-12-8-16-19(9-12)13-4-5-14-15(7-13)18-11(3)17-14/h4-5,7-10H,6H2,1-3H3,(H,17,18). The van der Waals surface area contributed by atoms with Gasteiger partial charge in [-0.05, 0) is 43.0 Å². The summed E-state index contributed by atoms with van der Waals surface area (Å²) in [6.07, 6.45) is 5.11. The number of aromatic amines is 1. The van der Waals surface area contributed by atoms with Crippen molar-refractivity contribution in [2.45, 2.75) is 27.2 Å². The van der Waals surface area contributed by atoms with Crippen molar-refractivity contribution in [2.75, 3.05) is 0 Å². The lowest BCUT2D eigenvalue weighted by Crippen LogP contribution is -1.94. The van der Waals surface area contributed by atoms with E-state index < -0.39 is 0 Å². The molecule has 1 aromatic carbocycles. The van der Waals surface area contributed by atoms with Crippen LogP contribution in [0.3, 0.4) is 0 Å². The van der Waals surface area contributed by atoms with Gasteiger partial charge in [-0.15, -0.1) is 0 Å². The van der Waals surface area contributed by atoms with E-state index in [2.05, 4.69) is 47.2 Å². The summed E-state index contributed by atoms with van der Waals surface area (Å²) in [7, 11) is 0. The maximum atomic E-state index is 4.44. The molecular weight excluding hydrogens is 236 g/mol. The molecule has 0 spiro atoms. The van der Waals surface area contributed by atoms with Gasteiger partial charge in [0.1, 0.15) is 5.82 Å². The summed E-state index contributed by atoms with van der Waals surface area (Å²) < 4.78 is 1.92. The molecule has 3 aromatic rings. The van der Waals surface area contributed by atoms with E-state index in [1.165, 1.54) is 5.56 Å². The maximum Gasteiger partial charge on any atom is 0.104 e. The summed E-state index contributed by atoms with van der Waals surface area (Å²) in [6.45, 7) is 6.40. The van der Waals surface area contributed by atoms with Crippen molar-refractivity contribution in [3.63, 3.8) is 0 Å². The second-order valence-corrected chi connectivity index (χ2v) is 5.41. The summed E-state index contributed by atoms with van der Waals surface area (Å²) >= 11 is 0. The molecule has 0 saturated heterocycles. The van der Waals surface area contributed by atoms with Gasteiger partial charge in [0.15, 0.2) is 0 Å². The van der Waals surface area contributed by atoms with Crippen molar-refractivity contribution in [3.05, 3.63) is 42.0 Å². The Morgan fingerprint density at radius 1 is 1.32 bits per heavy atom. The Kier molecular flexibility index (Phi) is 2.85. The molecule has 0 radical (unpaired) electrons. The summed E-state index contributed by atoms with van der Waals surface area (Å²) in [5.74, 6) is 1.59. The number of imidazole rings is 1. The molecular formula is C15H18N4. The van der Waals surface area contributed by atoms with Crippen LogP contribution in [0.1, 0.15) is 25.2 Å². The molecule has 0 aliphatic carbocycles. The fraction of sp³-hybridized carbons (Fsp3) is 0.333. The van der Waals surface area contributed by atoms with Crippen LogP contribution < -0.4 is 0 Å². The van der Waals surface area contributed by atoms with Crippen LogP contribution in [0.5, 0.6) is 0 Å². The third kappa shape index (κ3) is 2.38. The minimum absolute atomic E-state index is 0.649. The third-order valence-electron chi connectivity index (χ3n) is 3.13. The topological polar surface area (TPSA) is 46.5 Å². The molecule has 2 aromatic heterocycles. The van der Waals surface area contributed by atoms with Gasteiger partial charge in [0.05, 0.1) is 22.9 Å². The number of benzene rings is 1. The predicted octanol–water partition coefficient (Wildman–Crippen LogP) is 3.26. The van der Waals surface area contributed by atoms with Crippen molar-refractivity contribution in [1.29, 1.82) is 0 Å². The minimum Gasteiger partial charge on any atom is -0.342 e. The van der Waals surface area contributed by atoms with E-state index in [1.54, 1.807) is 0 Å². The average molecular weight is 254 g/mol. The number of fused-ring (bicyclic) bond motifs is 1. The number of hydrogen-bond donors (Lipinski definition) is 1. The van der Waals surface area contributed by atoms with Gasteiger partial charge in [0.2, 0.25) is 0 Å². The van der Waals surface area contributed by atoms with Crippen molar-refractivity contribution >= 4 is 11.0 Å². The smallest absolute Gasteiger partial charge is 0.104 e. The number of nitrogens with one attached hydrogen (secondary N) is 1. The van der Waals surface area contributed by atoms with Gasteiger partial charge in [0, 0.05) is 6.20 Å². The Balaban J connectivity index is 1.96. The van der Waals surface area contributed by atoms with Crippen LogP contribution >= 0.6 is 0 Å². The third-order valence-corrected chi connectivity index (χ3v) is 3.13. The lowest BCUT2D eigenvalue weighted by molar-refractivity contribution is 0.647. The maximum absolute atomic E-state index is 4.44. The molecule has 2 heterocycles. The highest BCUT2D eigenvalue weighted by Gasteiger charge is 2.05. The van der Waals surface area contributed by atoms with E-state index in [-0.39, 0.29) is 0 Å². The van der Waals surface area contributed by atoms with Gasteiger partial charge >= 0.3 is 0 Å². The number of rotatable bonds is 3. The van der Waals surface area contributed by atoms with Crippen LogP contribution in [0.15, 0.2) is 30.6 Å². The Bertz CT molecular complexity index is 706. The first kappa shape index (κ1) is 12.0. The molecule has 0 atom stereocenters. The van der Waals surface area contributed by atoms with E-state index in [0.717, 1.165) is 29.0 Å². The lowest BCUT2D eigenvalue weighted by atomic mass is 10.1. The highest BCUT2D eigenvalue weighted by Crippen LogP contribution is 2.17. The molecule has 0 bridgehead atoms. The second kappa shape index (κ2) is 4.53. The van der Waals surface area contributed by atoms with Crippen LogP contribution in [0.4, 0.5) is 0 Å². The van der Waals surface area contributed by atoms with Crippen molar-refractivity contribution < 1.29 is 0 Å². The van der Waals surface area contributed by atoms with Crippen LogP contribution in [0.25, 0.3) is 16.7 Å². The van der Waals surface area contributed by atoms with Gasteiger partial charge in [-0.3, -0.25) is 0 Å². The second-order valence-electron chi connectivity index (χ2n) is 5.41. The zero-order valence-electron chi connectivity index (χ0n) is 11.5. The van der Waals surface area contributed by atoms with E-state index >= 15 is 0 Å². The molecule has 19 heavy (non-hydrogen) atoms. The number of nitrogens with zero attached hydrogens (tertiary/aromatic N) is 3. The summed E-state index contributed by atoms with van der Waals surface area (Å²) in [6, 6.07) is 6.16. The molecule has 1 N–H and O–H groups in total. The van der Waals surface area contributed by atoms with E-state index in [1.807, 2.05) is 23.9 Å². The summed E-state index contributed by atoms with van der Waals surface area (Å²) in [5, 5.41) is 4.44. The zero-order chi connectivity index (χ0) is 13.4. The van der Waals surface area contributed by atoms with Gasteiger partial charge in [-0.1, -0.05) is 13.8 Å². The van der Waals surface area contributed by atoms with Crippen LogP contribution in [-0.4, -0.2) is 19.7 Å². The number of aryl methyl sites for hydroxylation is 1. The Labute approximate surface area is 112 Å². The minimum atomic E-state index is 0.649. The van der Waals surface area contributed by atoms with Crippen LogP contribution in [-0.2, 0) is 6.42 Å². The Hall–Kier alpha value is -2.10. The van der Waals surface area contributed by atoms with E-state index in [9.17, 15) is 0 Å². The molecule has 0 amide bonds. The monoisotopic (exact) mass is 254 g/mol. The first-order valence-corrected chi connectivity index (χ1v) is 6.62. The highest BCUT2D eigenvalue weighted by molar-refractivity contribution is 5.77. The Morgan fingerprint density at radius 3 is 2.95 bits per heavy atom. The molecule has 3 rings (SSSR count). The molecule has 0 aliphatic rings. The van der Waals surface area contributed by atoms with Gasteiger partial charge in [-0.2, -0.15) is 5.10 Å². The van der Waals surface area contributed by atoms with Crippen LogP contribution in [0, 0.1) is 12.8 Å². The first-order valence-electron chi connectivity index (χ1n) is 6.62. The van der Waals surface area contributed by atoms with Crippen molar-refractivity contribution in [3.8, 4) is 5.69 Å². The van der Waals surface area contributed by atoms with Gasteiger partial charge in [-0.25, -0.2) is 9.67 Å². The van der Waals surface area contributed by atoms with Crippen molar-refractivity contribution in [2.24, 2.45) is 5.92 Å². The number of hydrogen-bond acceptors (Lipinski definition) is 2. The van der Waals surface area contributed by atoms with Gasteiger partial charge < -0.3 is 4.98 Å². The first-order chi connectivity index (χ1) is 9.11. The largest absolute Gasteiger partial charge is 0.342 e. The predicted molar refractivity (Wildman–Crippen MR) is 76.5 cm³/mol. The van der Waals surface area contributed by atoms with E-state index in [0.29, 0.717) is 5.92 Å². The Morgan fingerprint density at radius 2 is 2.16 bits per heavy atom. The summed E-state index contributed by atoms with van der Waals surface area (Å²) in [4.78, 5) is 7.66. The van der Waals surface area contributed by atoms with E-state index in [4.69, 9.17) is 0 Å². The number of aromatic nitrogens is 4. The fourth-order valence-electron chi connectivity index (χ4n) is 2.35. The normalized spacial score (nSPS) is 11.6. The molecule has 98 valence electrons. The molecule has 0 aliphatic heterocycles. The van der Waals surface area contributed by atoms with Gasteiger partial charge in [0.25, 0.3) is 0 Å². The fourth-order valence-corrected chi connectivity index (χ4v) is 2.35. The number of H-pyrrole nitrogens is 1. The van der Waals surface area contributed by atoms with Crippen LogP contribution in [0.2, 0.25) is 0 Å². The highest BCUT2D eigenvalue weighted by atomic mass is 15.3. The quantitative estimate of drug-likeness (QED) is 0.779.